The molecule has 2 heterocycles. The minimum atomic E-state index is -0.496. The van der Waals surface area contributed by atoms with E-state index in [1.54, 1.807) is 23.1 Å². The highest BCUT2D eigenvalue weighted by Gasteiger charge is 2.42. The Labute approximate surface area is 201 Å². The van der Waals surface area contributed by atoms with E-state index in [1.165, 1.54) is 25.3 Å². The number of fused-ring (bicyclic) bond motifs is 1. The summed E-state index contributed by atoms with van der Waals surface area (Å²) >= 11 is 12.6. The van der Waals surface area contributed by atoms with Crippen LogP contribution in [0.25, 0.3) is 11.1 Å². The van der Waals surface area contributed by atoms with Gasteiger partial charge in [0.25, 0.3) is 0 Å². The van der Waals surface area contributed by atoms with Gasteiger partial charge in [-0.25, -0.2) is 4.39 Å². The first-order valence-corrected chi connectivity index (χ1v) is 11.3. The zero-order valence-corrected chi connectivity index (χ0v) is 19.6. The van der Waals surface area contributed by atoms with Crippen LogP contribution in [0, 0.1) is 17.7 Å². The van der Waals surface area contributed by atoms with Crippen LogP contribution in [0.4, 0.5) is 10.1 Å². The monoisotopic (exact) mass is 491 g/mol. The van der Waals surface area contributed by atoms with E-state index in [9.17, 15) is 14.0 Å². The number of hydrogen-bond acceptors (Lipinski definition) is 4. The predicted octanol–water partition coefficient (Wildman–Crippen LogP) is 4.32. The van der Waals surface area contributed by atoms with Crippen molar-refractivity contribution in [1.29, 1.82) is 0 Å². The molecule has 0 saturated carbocycles. The second-order valence-corrected chi connectivity index (χ2v) is 9.06. The molecule has 2 amide bonds. The second kappa shape index (κ2) is 9.61. The molecule has 4 rings (SSSR count). The minimum Gasteiger partial charge on any atom is -0.495 e. The average Bonchev–Trinajstić information content (AvgIpc) is 3.37. The molecule has 0 spiro atoms. The number of halogens is 3. The van der Waals surface area contributed by atoms with Gasteiger partial charge in [0.05, 0.1) is 29.4 Å². The first-order chi connectivity index (χ1) is 15.8. The summed E-state index contributed by atoms with van der Waals surface area (Å²) < 4.78 is 19.9. The van der Waals surface area contributed by atoms with Crippen LogP contribution in [0.2, 0.25) is 10.0 Å². The van der Waals surface area contributed by atoms with Crippen molar-refractivity contribution >= 4 is 40.7 Å². The van der Waals surface area contributed by atoms with Gasteiger partial charge in [-0.3, -0.25) is 9.59 Å². The molecule has 2 aromatic rings. The molecule has 0 aromatic heterocycles. The van der Waals surface area contributed by atoms with Crippen molar-refractivity contribution < 1.29 is 18.7 Å². The van der Waals surface area contributed by atoms with Crippen molar-refractivity contribution in [1.82, 2.24) is 9.80 Å². The van der Waals surface area contributed by atoms with Crippen LogP contribution in [-0.4, -0.2) is 61.4 Å². The van der Waals surface area contributed by atoms with Gasteiger partial charge in [0.2, 0.25) is 11.8 Å². The largest absolute Gasteiger partial charge is 0.495 e. The Morgan fingerprint density at radius 1 is 1.15 bits per heavy atom. The number of ether oxygens (including phenoxy) is 1. The van der Waals surface area contributed by atoms with Crippen LogP contribution in [-0.2, 0) is 9.59 Å². The van der Waals surface area contributed by atoms with Crippen molar-refractivity contribution in [3.8, 4) is 16.9 Å². The summed E-state index contributed by atoms with van der Waals surface area (Å²) in [6, 6.07) is 7.63. The molecule has 2 atom stereocenters. The Hall–Kier alpha value is -2.77. The lowest BCUT2D eigenvalue weighted by molar-refractivity contribution is -0.128. The number of hydrogen-bond donors (Lipinski definition) is 1. The minimum absolute atomic E-state index is 0.0389. The Bertz CT molecular complexity index is 1080. The number of anilines is 1. The van der Waals surface area contributed by atoms with E-state index in [0.717, 1.165) is 0 Å². The van der Waals surface area contributed by atoms with Crippen molar-refractivity contribution in [3.05, 3.63) is 58.8 Å². The third kappa shape index (κ3) is 4.66. The molecule has 0 aliphatic carbocycles. The van der Waals surface area contributed by atoms with Crippen LogP contribution in [0.5, 0.6) is 5.75 Å². The number of nitrogens with zero attached hydrogens (tertiary/aromatic N) is 2. The van der Waals surface area contributed by atoms with Crippen LogP contribution in [0.15, 0.2) is 43.0 Å². The number of nitrogens with one attached hydrogen (secondary N) is 1. The molecule has 6 nitrogen and oxygen atoms in total. The third-order valence-electron chi connectivity index (χ3n) is 6.28. The summed E-state index contributed by atoms with van der Waals surface area (Å²) in [5.41, 5.74) is 1.09. The Balaban J connectivity index is 1.46. The molecule has 2 unspecified atom stereocenters. The highest BCUT2D eigenvalue weighted by Crippen LogP contribution is 2.41. The first-order valence-electron chi connectivity index (χ1n) is 10.6. The zero-order valence-electron chi connectivity index (χ0n) is 18.1. The van der Waals surface area contributed by atoms with Crippen molar-refractivity contribution in [3.63, 3.8) is 0 Å². The quantitative estimate of drug-likeness (QED) is 0.611. The van der Waals surface area contributed by atoms with Crippen LogP contribution >= 0.6 is 23.2 Å². The summed E-state index contributed by atoms with van der Waals surface area (Å²) in [5, 5.41) is 3.61. The number of methoxy groups -OCH3 is 1. The number of rotatable bonds is 6. The Kier molecular flexibility index (Phi) is 6.81. The number of likely N-dealkylation sites (tertiary alicyclic amines) is 2. The fraction of sp³-hybridized carbons (Fsp3) is 0.333. The van der Waals surface area contributed by atoms with Crippen molar-refractivity contribution in [2.45, 2.75) is 0 Å². The number of benzene rings is 2. The number of carbonyl (C=O) groups is 2. The number of amides is 2. The molecule has 2 saturated heterocycles. The normalized spacial score (nSPS) is 19.4. The molecular weight excluding hydrogens is 468 g/mol. The van der Waals surface area contributed by atoms with E-state index < -0.39 is 5.82 Å². The third-order valence-corrected chi connectivity index (χ3v) is 6.90. The van der Waals surface area contributed by atoms with Gasteiger partial charge in [0, 0.05) is 55.2 Å². The molecule has 1 N–H and O–H groups in total. The average molecular weight is 492 g/mol. The Morgan fingerprint density at radius 2 is 1.82 bits per heavy atom. The lowest BCUT2D eigenvalue weighted by atomic mass is 10.0. The van der Waals surface area contributed by atoms with E-state index in [2.05, 4.69) is 11.9 Å². The van der Waals surface area contributed by atoms with Gasteiger partial charge < -0.3 is 19.9 Å². The second-order valence-electron chi connectivity index (χ2n) is 8.25. The van der Waals surface area contributed by atoms with Gasteiger partial charge in [-0.05, 0) is 24.3 Å². The summed E-state index contributed by atoms with van der Waals surface area (Å²) in [6.07, 6.45) is 1.33. The van der Waals surface area contributed by atoms with Crippen molar-refractivity contribution in [2.24, 2.45) is 11.8 Å². The standard InChI is InChI=1S/C24H24Cl2FN3O3/c1-3-22(31)29-10-14-12-30(13-15(14)11-29)23(32)9-28-20-7-16(18(26)8-21(20)33-2)24-17(25)5-4-6-19(24)27/h3-8,14-15,28H,1,9-13H2,2H3. The smallest absolute Gasteiger partial charge is 0.245 e. The summed E-state index contributed by atoms with van der Waals surface area (Å²) in [5.74, 6) is 0.360. The van der Waals surface area contributed by atoms with Gasteiger partial charge in [-0.1, -0.05) is 35.8 Å². The lowest BCUT2D eigenvalue weighted by Crippen LogP contribution is -2.37. The van der Waals surface area contributed by atoms with E-state index in [1.807, 2.05) is 4.90 Å². The van der Waals surface area contributed by atoms with Gasteiger partial charge in [0.1, 0.15) is 11.6 Å². The van der Waals surface area contributed by atoms with Crippen LogP contribution in [0.1, 0.15) is 0 Å². The molecule has 0 radical (unpaired) electrons. The Morgan fingerprint density at radius 3 is 2.42 bits per heavy atom. The molecule has 0 bridgehead atoms. The molecule has 174 valence electrons. The van der Waals surface area contributed by atoms with E-state index in [0.29, 0.717) is 43.2 Å². The molecule has 2 fully saturated rings. The maximum Gasteiger partial charge on any atom is 0.245 e. The molecule has 2 aliphatic rings. The van der Waals surface area contributed by atoms with Gasteiger partial charge in [0.15, 0.2) is 0 Å². The molecule has 2 aromatic carbocycles. The topological polar surface area (TPSA) is 61.9 Å². The fourth-order valence-corrected chi connectivity index (χ4v) is 5.11. The summed E-state index contributed by atoms with van der Waals surface area (Å²) in [7, 11) is 1.49. The maximum atomic E-state index is 14.5. The van der Waals surface area contributed by atoms with Gasteiger partial charge in [-0.15, -0.1) is 0 Å². The first kappa shape index (κ1) is 23.4. The molecule has 2 aliphatic heterocycles. The molecular formula is C24H24Cl2FN3O3. The predicted molar refractivity (Wildman–Crippen MR) is 127 cm³/mol. The van der Waals surface area contributed by atoms with Gasteiger partial charge in [-0.2, -0.15) is 0 Å². The van der Waals surface area contributed by atoms with E-state index in [-0.39, 0.29) is 45.8 Å². The fourth-order valence-electron chi connectivity index (χ4n) is 4.60. The molecule has 9 heteroatoms. The number of carbonyl (C=O) groups excluding carboxylic acids is 2. The van der Waals surface area contributed by atoms with E-state index in [4.69, 9.17) is 27.9 Å². The van der Waals surface area contributed by atoms with Crippen molar-refractivity contribution in [2.75, 3.05) is 45.2 Å². The SMILES string of the molecule is C=CC(=O)N1CC2CN(C(=O)CNc3cc(-c4c(F)cccc4Cl)c(Cl)cc3OC)CC2C1. The summed E-state index contributed by atoms with van der Waals surface area (Å²) in [6.45, 7) is 6.09. The highest BCUT2D eigenvalue weighted by molar-refractivity contribution is 6.36. The molecule has 33 heavy (non-hydrogen) atoms. The summed E-state index contributed by atoms with van der Waals surface area (Å²) in [4.78, 5) is 28.3. The maximum absolute atomic E-state index is 14.5. The zero-order chi connectivity index (χ0) is 23.7. The van der Waals surface area contributed by atoms with Crippen LogP contribution in [0.3, 0.4) is 0 Å². The van der Waals surface area contributed by atoms with Crippen LogP contribution < -0.4 is 10.1 Å². The lowest BCUT2D eigenvalue weighted by Gasteiger charge is -2.22. The van der Waals surface area contributed by atoms with Gasteiger partial charge >= 0.3 is 0 Å². The van der Waals surface area contributed by atoms with E-state index >= 15 is 0 Å². The highest BCUT2D eigenvalue weighted by atomic mass is 35.5.